The van der Waals surface area contributed by atoms with Gasteiger partial charge in [-0.3, -0.25) is 4.57 Å². The highest BCUT2D eigenvalue weighted by Crippen LogP contribution is 2.24. The molecule has 0 unspecified atom stereocenters. The van der Waals surface area contributed by atoms with Gasteiger partial charge < -0.3 is 5.11 Å². The van der Waals surface area contributed by atoms with Crippen molar-refractivity contribution < 1.29 is 23.1 Å². The third-order valence-electron chi connectivity index (χ3n) is 3.02. The van der Waals surface area contributed by atoms with Gasteiger partial charge in [-0.1, -0.05) is 0 Å². The van der Waals surface area contributed by atoms with Crippen LogP contribution >= 0.6 is 0 Å². The molecular formula is C14H7F3N2O2. The van der Waals surface area contributed by atoms with Gasteiger partial charge >= 0.3 is 5.97 Å². The van der Waals surface area contributed by atoms with Crippen molar-refractivity contribution in [2.75, 3.05) is 0 Å². The Morgan fingerprint density at radius 1 is 1.10 bits per heavy atom. The topological polar surface area (TPSA) is 55.1 Å². The summed E-state index contributed by atoms with van der Waals surface area (Å²) in [7, 11) is 0. The molecule has 0 saturated heterocycles. The van der Waals surface area contributed by atoms with Crippen LogP contribution < -0.4 is 0 Å². The molecule has 1 heterocycles. The average molecular weight is 292 g/mol. The van der Waals surface area contributed by atoms with E-state index in [9.17, 15) is 18.0 Å². The van der Waals surface area contributed by atoms with Gasteiger partial charge in [0.2, 0.25) is 0 Å². The second kappa shape index (κ2) is 4.62. The largest absolute Gasteiger partial charge is 0.478 e. The lowest BCUT2D eigenvalue weighted by atomic mass is 10.2. The van der Waals surface area contributed by atoms with Crippen molar-refractivity contribution in [3.8, 4) is 5.69 Å². The Bertz CT molecular complexity index is 851. The molecule has 106 valence electrons. The number of hydrogen-bond donors (Lipinski definition) is 1. The maximum atomic E-state index is 13.8. The average Bonchev–Trinajstić information content (AvgIpc) is 2.80. The maximum Gasteiger partial charge on any atom is 0.335 e. The third kappa shape index (κ3) is 2.12. The molecule has 4 nitrogen and oxygen atoms in total. The molecule has 7 heteroatoms. The predicted octanol–water partition coefficient (Wildman–Crippen LogP) is 3.14. The molecule has 1 N–H and O–H groups in total. The summed E-state index contributed by atoms with van der Waals surface area (Å²) in [6, 6.07) is 5.09. The van der Waals surface area contributed by atoms with Crippen LogP contribution in [-0.4, -0.2) is 20.6 Å². The van der Waals surface area contributed by atoms with Crippen molar-refractivity contribution >= 4 is 17.0 Å². The molecule has 0 fully saturated rings. The monoisotopic (exact) mass is 292 g/mol. The molecular weight excluding hydrogens is 285 g/mol. The number of fused-ring (bicyclic) bond motifs is 1. The summed E-state index contributed by atoms with van der Waals surface area (Å²) in [6.45, 7) is 0. The lowest BCUT2D eigenvalue weighted by molar-refractivity contribution is 0.0697. The Balaban J connectivity index is 2.25. The summed E-state index contributed by atoms with van der Waals surface area (Å²) in [5, 5.41) is 8.89. The normalized spacial score (nSPS) is 11.0. The highest BCUT2D eigenvalue weighted by atomic mass is 19.1. The van der Waals surface area contributed by atoms with Gasteiger partial charge in [-0.15, -0.1) is 0 Å². The number of carboxylic acids is 1. The van der Waals surface area contributed by atoms with E-state index in [0.717, 1.165) is 10.9 Å². The highest BCUT2D eigenvalue weighted by molar-refractivity contribution is 5.92. The van der Waals surface area contributed by atoms with Crippen molar-refractivity contribution in [2.45, 2.75) is 0 Å². The van der Waals surface area contributed by atoms with Gasteiger partial charge in [0, 0.05) is 12.1 Å². The fourth-order valence-corrected chi connectivity index (χ4v) is 2.09. The van der Waals surface area contributed by atoms with Gasteiger partial charge in [-0.25, -0.2) is 22.9 Å². The van der Waals surface area contributed by atoms with Gasteiger partial charge in [-0.2, -0.15) is 0 Å². The van der Waals surface area contributed by atoms with Crippen LogP contribution in [-0.2, 0) is 0 Å². The smallest absolute Gasteiger partial charge is 0.335 e. The molecule has 3 rings (SSSR count). The van der Waals surface area contributed by atoms with E-state index in [0.29, 0.717) is 17.6 Å². The van der Waals surface area contributed by atoms with Crippen LogP contribution in [0, 0.1) is 17.5 Å². The number of benzene rings is 2. The Hall–Kier alpha value is -2.83. The minimum atomic E-state index is -1.13. The van der Waals surface area contributed by atoms with Crippen molar-refractivity contribution in [1.82, 2.24) is 9.55 Å². The Morgan fingerprint density at radius 2 is 1.76 bits per heavy atom. The van der Waals surface area contributed by atoms with Crippen LogP contribution in [0.2, 0.25) is 0 Å². The Morgan fingerprint density at radius 3 is 2.38 bits per heavy atom. The van der Waals surface area contributed by atoms with E-state index in [1.807, 2.05) is 0 Å². The van der Waals surface area contributed by atoms with Crippen LogP contribution in [0.15, 0.2) is 36.7 Å². The summed E-state index contributed by atoms with van der Waals surface area (Å²) in [5.74, 6) is -4.31. The first-order chi connectivity index (χ1) is 9.97. The van der Waals surface area contributed by atoms with E-state index >= 15 is 0 Å². The Kier molecular flexibility index (Phi) is 2.90. The molecule has 0 aliphatic rings. The minimum Gasteiger partial charge on any atom is -0.478 e. The molecule has 0 bridgehead atoms. The van der Waals surface area contributed by atoms with E-state index in [1.54, 1.807) is 0 Å². The summed E-state index contributed by atoms with van der Waals surface area (Å²) < 4.78 is 41.6. The zero-order chi connectivity index (χ0) is 15.1. The Labute approximate surface area is 116 Å². The van der Waals surface area contributed by atoms with Crippen LogP contribution in [0.5, 0.6) is 0 Å². The first-order valence-corrected chi connectivity index (χ1v) is 5.82. The highest BCUT2D eigenvalue weighted by Gasteiger charge is 2.16. The number of carboxylic acid groups (broad SMARTS) is 1. The van der Waals surface area contributed by atoms with Crippen LogP contribution in [0.3, 0.4) is 0 Å². The predicted molar refractivity (Wildman–Crippen MR) is 67.9 cm³/mol. The number of rotatable bonds is 2. The molecule has 0 amide bonds. The van der Waals surface area contributed by atoms with Gasteiger partial charge in [0.25, 0.3) is 0 Å². The maximum absolute atomic E-state index is 13.8. The van der Waals surface area contributed by atoms with E-state index < -0.39 is 29.1 Å². The summed E-state index contributed by atoms with van der Waals surface area (Å²) in [5.41, 5.74) is 0.109. The van der Waals surface area contributed by atoms with Gasteiger partial charge in [0.05, 0.1) is 16.6 Å². The fraction of sp³-hybridized carbons (Fsp3) is 0. The van der Waals surface area contributed by atoms with Gasteiger partial charge in [0.15, 0.2) is 11.6 Å². The van der Waals surface area contributed by atoms with E-state index in [4.69, 9.17) is 5.11 Å². The fourth-order valence-electron chi connectivity index (χ4n) is 2.09. The van der Waals surface area contributed by atoms with Crippen LogP contribution in [0.4, 0.5) is 13.2 Å². The van der Waals surface area contributed by atoms with Gasteiger partial charge in [0.1, 0.15) is 17.8 Å². The van der Waals surface area contributed by atoms with E-state index in [-0.39, 0.29) is 11.1 Å². The molecule has 1 aromatic heterocycles. The van der Waals surface area contributed by atoms with Crippen LogP contribution in [0.1, 0.15) is 10.4 Å². The molecule has 2 aromatic carbocycles. The molecule has 0 aliphatic carbocycles. The zero-order valence-electron chi connectivity index (χ0n) is 10.3. The quantitative estimate of drug-likeness (QED) is 0.789. The molecule has 3 aromatic rings. The third-order valence-corrected chi connectivity index (χ3v) is 3.02. The van der Waals surface area contributed by atoms with Crippen molar-refractivity contribution in [1.29, 1.82) is 0 Å². The summed E-state index contributed by atoms with van der Waals surface area (Å²) in [6.07, 6.45) is 1.15. The molecule has 0 aliphatic heterocycles. The number of nitrogens with zero attached hydrogens (tertiary/aromatic N) is 2. The second-order valence-corrected chi connectivity index (χ2v) is 4.34. The number of halogens is 3. The molecule has 0 radical (unpaired) electrons. The number of hydrogen-bond acceptors (Lipinski definition) is 2. The number of aromatic nitrogens is 2. The zero-order valence-corrected chi connectivity index (χ0v) is 10.3. The van der Waals surface area contributed by atoms with Crippen molar-refractivity contribution in [3.05, 3.63) is 59.7 Å². The number of aromatic carboxylic acids is 1. The molecule has 21 heavy (non-hydrogen) atoms. The van der Waals surface area contributed by atoms with E-state index in [2.05, 4.69) is 4.98 Å². The van der Waals surface area contributed by atoms with Crippen LogP contribution in [0.25, 0.3) is 16.7 Å². The SMILES string of the molecule is O=C(O)c1ccc2c(c1)ncn2-c1c(F)cc(F)cc1F. The van der Waals surface area contributed by atoms with Gasteiger partial charge in [-0.05, 0) is 18.2 Å². The first kappa shape index (κ1) is 13.2. The lowest BCUT2D eigenvalue weighted by Gasteiger charge is -2.07. The van der Waals surface area contributed by atoms with E-state index in [1.165, 1.54) is 18.2 Å². The number of carbonyl (C=O) groups is 1. The molecule has 0 atom stereocenters. The summed E-state index contributed by atoms with van der Waals surface area (Å²) in [4.78, 5) is 14.8. The van der Waals surface area contributed by atoms with Crippen molar-refractivity contribution in [2.24, 2.45) is 0 Å². The first-order valence-electron chi connectivity index (χ1n) is 5.82. The summed E-state index contributed by atoms with van der Waals surface area (Å²) >= 11 is 0. The second-order valence-electron chi connectivity index (χ2n) is 4.34. The minimum absolute atomic E-state index is 0.00722. The molecule has 0 spiro atoms. The van der Waals surface area contributed by atoms with Crippen molar-refractivity contribution in [3.63, 3.8) is 0 Å². The molecule has 0 saturated carbocycles. The lowest BCUT2D eigenvalue weighted by Crippen LogP contribution is -2.02. The standard InChI is InChI=1S/C14H7F3N2O2/c15-8-4-9(16)13(10(17)5-8)19-6-18-11-3-7(14(20)21)1-2-12(11)19/h1-6H,(H,20,21). The number of imidazole rings is 1.